The molecule has 0 radical (unpaired) electrons. The molecule has 8 heteroatoms. The molecular weight excluding hydrogens is 340 g/mol. The highest BCUT2D eigenvalue weighted by Crippen LogP contribution is 2.29. The van der Waals surface area contributed by atoms with Crippen molar-refractivity contribution in [3.8, 4) is 11.5 Å². The molecule has 8 nitrogen and oxygen atoms in total. The summed E-state index contributed by atoms with van der Waals surface area (Å²) in [7, 11) is 3.00. The highest BCUT2D eigenvalue weighted by molar-refractivity contribution is 5.97. The Kier molecular flexibility index (Phi) is 6.21. The second kappa shape index (κ2) is 8.37. The summed E-state index contributed by atoms with van der Waals surface area (Å²) in [6, 6.07) is 4.98. The van der Waals surface area contributed by atoms with Gasteiger partial charge in [0.15, 0.2) is 12.4 Å². The first-order valence-electron chi connectivity index (χ1n) is 8.02. The van der Waals surface area contributed by atoms with Crippen LogP contribution in [0.1, 0.15) is 41.6 Å². The van der Waals surface area contributed by atoms with Crippen molar-refractivity contribution in [1.82, 2.24) is 5.16 Å². The van der Waals surface area contributed by atoms with Crippen molar-refractivity contribution < 1.29 is 28.3 Å². The first-order valence-corrected chi connectivity index (χ1v) is 8.02. The molecule has 1 aromatic carbocycles. The van der Waals surface area contributed by atoms with E-state index in [2.05, 4.69) is 10.5 Å². The maximum atomic E-state index is 12.3. The lowest BCUT2D eigenvalue weighted by atomic mass is 10.1. The molecule has 0 saturated carbocycles. The van der Waals surface area contributed by atoms with Crippen LogP contribution in [-0.2, 0) is 9.53 Å². The number of methoxy groups -OCH3 is 2. The van der Waals surface area contributed by atoms with Crippen LogP contribution in [0.2, 0.25) is 0 Å². The zero-order valence-electron chi connectivity index (χ0n) is 15.4. The molecule has 1 aromatic heterocycles. The third-order valence-electron chi connectivity index (χ3n) is 3.63. The van der Waals surface area contributed by atoms with Gasteiger partial charge in [0.1, 0.15) is 17.1 Å². The van der Waals surface area contributed by atoms with Crippen molar-refractivity contribution in [3.63, 3.8) is 0 Å². The number of nitrogens with one attached hydrogen (secondary N) is 1. The quantitative estimate of drug-likeness (QED) is 0.756. The van der Waals surface area contributed by atoms with E-state index >= 15 is 0 Å². The normalized spacial score (nSPS) is 10.5. The molecule has 2 aromatic rings. The van der Waals surface area contributed by atoms with Gasteiger partial charge < -0.3 is 24.1 Å². The third kappa shape index (κ3) is 4.33. The molecule has 0 saturated heterocycles. The number of rotatable bonds is 7. The number of hydrogen-bond acceptors (Lipinski definition) is 7. The molecule has 0 aliphatic carbocycles. The van der Waals surface area contributed by atoms with E-state index in [1.54, 1.807) is 25.1 Å². The van der Waals surface area contributed by atoms with Crippen molar-refractivity contribution in [2.24, 2.45) is 0 Å². The van der Waals surface area contributed by atoms with E-state index in [1.165, 1.54) is 14.2 Å². The van der Waals surface area contributed by atoms with E-state index in [9.17, 15) is 9.59 Å². The zero-order valence-corrected chi connectivity index (χ0v) is 15.4. The Morgan fingerprint density at radius 3 is 2.58 bits per heavy atom. The van der Waals surface area contributed by atoms with Gasteiger partial charge in [-0.05, 0) is 19.1 Å². The van der Waals surface area contributed by atoms with Crippen LogP contribution in [0.3, 0.4) is 0 Å². The fraction of sp³-hybridized carbons (Fsp3) is 0.389. The molecule has 26 heavy (non-hydrogen) atoms. The average Bonchev–Trinajstić information content (AvgIpc) is 3.01. The summed E-state index contributed by atoms with van der Waals surface area (Å²) >= 11 is 0. The zero-order chi connectivity index (χ0) is 19.3. The second-order valence-corrected chi connectivity index (χ2v) is 5.85. The van der Waals surface area contributed by atoms with Gasteiger partial charge in [0.05, 0.1) is 25.6 Å². The summed E-state index contributed by atoms with van der Waals surface area (Å²) in [6.45, 7) is 4.94. The Bertz CT molecular complexity index is 797. The first-order chi connectivity index (χ1) is 12.4. The maximum absolute atomic E-state index is 12.3. The van der Waals surface area contributed by atoms with Gasteiger partial charge in [-0.2, -0.15) is 0 Å². The molecule has 140 valence electrons. The largest absolute Gasteiger partial charge is 0.497 e. The Labute approximate surface area is 151 Å². The van der Waals surface area contributed by atoms with E-state index in [0.29, 0.717) is 28.6 Å². The van der Waals surface area contributed by atoms with Gasteiger partial charge in [0.2, 0.25) is 0 Å². The summed E-state index contributed by atoms with van der Waals surface area (Å²) in [5.41, 5.74) is 1.09. The van der Waals surface area contributed by atoms with Gasteiger partial charge in [-0.15, -0.1) is 0 Å². The number of carbonyl (C=O) groups excluding carboxylic acids is 2. The van der Waals surface area contributed by atoms with Gasteiger partial charge in [-0.3, -0.25) is 4.79 Å². The van der Waals surface area contributed by atoms with Gasteiger partial charge in [0.25, 0.3) is 5.91 Å². The number of ether oxygens (including phenoxy) is 3. The predicted octanol–water partition coefficient (Wildman–Crippen LogP) is 2.92. The van der Waals surface area contributed by atoms with E-state index in [1.807, 2.05) is 13.8 Å². The summed E-state index contributed by atoms with van der Waals surface area (Å²) < 4.78 is 20.6. The molecule has 0 spiro atoms. The Hall–Kier alpha value is -3.03. The minimum absolute atomic E-state index is 0.0337. The van der Waals surface area contributed by atoms with Crippen LogP contribution < -0.4 is 14.8 Å². The lowest BCUT2D eigenvalue weighted by Gasteiger charge is -2.12. The van der Waals surface area contributed by atoms with E-state index in [-0.39, 0.29) is 11.5 Å². The molecule has 1 heterocycles. The van der Waals surface area contributed by atoms with Crippen molar-refractivity contribution in [3.05, 3.63) is 35.2 Å². The standard InChI is InChI=1S/C18H22N2O6/c1-10(2)17-16(11(3)20-26-17)18(22)25-9-15(21)19-13-8-12(23-4)6-7-14(13)24-5/h6-8,10H,9H2,1-5H3,(H,19,21). The van der Waals surface area contributed by atoms with E-state index in [4.69, 9.17) is 18.7 Å². The topological polar surface area (TPSA) is 99.9 Å². The number of aromatic nitrogens is 1. The van der Waals surface area contributed by atoms with Crippen molar-refractivity contribution in [2.45, 2.75) is 26.7 Å². The first kappa shape index (κ1) is 19.3. The summed E-state index contributed by atoms with van der Waals surface area (Å²) in [5.74, 6) is 0.253. The van der Waals surface area contributed by atoms with Crippen LogP contribution in [0.25, 0.3) is 0 Å². The number of amides is 1. The van der Waals surface area contributed by atoms with E-state index in [0.717, 1.165) is 0 Å². The van der Waals surface area contributed by atoms with Gasteiger partial charge in [-0.25, -0.2) is 4.79 Å². The fourth-order valence-electron chi connectivity index (χ4n) is 2.33. The maximum Gasteiger partial charge on any atom is 0.344 e. The van der Waals surface area contributed by atoms with Crippen LogP contribution in [0.4, 0.5) is 5.69 Å². The number of benzene rings is 1. The molecule has 0 fully saturated rings. The average molecular weight is 362 g/mol. The third-order valence-corrected chi connectivity index (χ3v) is 3.63. The predicted molar refractivity (Wildman–Crippen MR) is 93.8 cm³/mol. The summed E-state index contributed by atoms with van der Waals surface area (Å²) in [4.78, 5) is 24.4. The van der Waals surface area contributed by atoms with Crippen molar-refractivity contribution in [2.75, 3.05) is 26.1 Å². The van der Waals surface area contributed by atoms with Crippen LogP contribution >= 0.6 is 0 Å². The lowest BCUT2D eigenvalue weighted by molar-refractivity contribution is -0.119. The smallest absolute Gasteiger partial charge is 0.344 e. The van der Waals surface area contributed by atoms with Crippen molar-refractivity contribution >= 4 is 17.6 Å². The van der Waals surface area contributed by atoms with Gasteiger partial charge in [-0.1, -0.05) is 19.0 Å². The molecule has 0 bridgehead atoms. The molecule has 0 atom stereocenters. The number of anilines is 1. The van der Waals surface area contributed by atoms with Crippen molar-refractivity contribution in [1.29, 1.82) is 0 Å². The molecule has 0 unspecified atom stereocenters. The Morgan fingerprint density at radius 1 is 1.23 bits per heavy atom. The lowest BCUT2D eigenvalue weighted by Crippen LogP contribution is -2.22. The van der Waals surface area contributed by atoms with Crippen LogP contribution in [0, 0.1) is 6.92 Å². The summed E-state index contributed by atoms with van der Waals surface area (Å²) in [6.07, 6.45) is 0. The Morgan fingerprint density at radius 2 is 1.96 bits per heavy atom. The fourth-order valence-corrected chi connectivity index (χ4v) is 2.33. The highest BCUT2D eigenvalue weighted by atomic mass is 16.5. The molecule has 1 N–H and O–H groups in total. The van der Waals surface area contributed by atoms with E-state index < -0.39 is 18.5 Å². The number of carbonyl (C=O) groups is 2. The number of hydrogen-bond donors (Lipinski definition) is 1. The molecule has 2 rings (SSSR count). The molecular formula is C18H22N2O6. The molecule has 0 aliphatic rings. The molecule has 1 amide bonds. The Balaban J connectivity index is 2.04. The minimum atomic E-state index is -0.653. The minimum Gasteiger partial charge on any atom is -0.497 e. The number of aryl methyl sites for hydroxylation is 1. The molecule has 0 aliphatic heterocycles. The highest BCUT2D eigenvalue weighted by Gasteiger charge is 2.24. The monoisotopic (exact) mass is 362 g/mol. The van der Waals surface area contributed by atoms with Gasteiger partial charge in [0, 0.05) is 12.0 Å². The second-order valence-electron chi connectivity index (χ2n) is 5.85. The van der Waals surface area contributed by atoms with Crippen LogP contribution in [0.15, 0.2) is 22.7 Å². The van der Waals surface area contributed by atoms with Crippen LogP contribution in [0.5, 0.6) is 11.5 Å². The summed E-state index contributed by atoms with van der Waals surface area (Å²) in [5, 5.41) is 6.42. The van der Waals surface area contributed by atoms with Crippen LogP contribution in [-0.4, -0.2) is 37.9 Å². The number of esters is 1. The SMILES string of the molecule is COc1ccc(OC)c(NC(=O)COC(=O)c2c(C)noc2C(C)C)c1. The van der Waals surface area contributed by atoms with Gasteiger partial charge >= 0.3 is 5.97 Å². The number of nitrogens with zero attached hydrogens (tertiary/aromatic N) is 1.